The molecule has 0 aliphatic rings. The zero-order valence-corrected chi connectivity index (χ0v) is 13.4. The Morgan fingerprint density at radius 3 is 2.88 bits per heavy atom. The maximum Gasteiger partial charge on any atom is 0.327 e. The summed E-state index contributed by atoms with van der Waals surface area (Å²) in [7, 11) is 0. The molecule has 0 spiro atoms. The van der Waals surface area contributed by atoms with Crippen LogP contribution in [0.1, 0.15) is 24.8 Å². The van der Waals surface area contributed by atoms with Gasteiger partial charge in [-0.3, -0.25) is 9.36 Å². The van der Waals surface area contributed by atoms with Crippen molar-refractivity contribution in [2.75, 3.05) is 6.54 Å². The number of rotatable bonds is 6. The lowest BCUT2D eigenvalue weighted by molar-refractivity contribution is -0.122. The molecule has 7 nitrogen and oxygen atoms in total. The van der Waals surface area contributed by atoms with Gasteiger partial charge in [-0.25, -0.2) is 14.8 Å². The van der Waals surface area contributed by atoms with E-state index >= 15 is 0 Å². The molecule has 7 heteroatoms. The van der Waals surface area contributed by atoms with Gasteiger partial charge in [-0.05, 0) is 12.0 Å². The van der Waals surface area contributed by atoms with E-state index in [1.54, 1.807) is 6.20 Å². The van der Waals surface area contributed by atoms with E-state index in [-0.39, 0.29) is 17.5 Å². The highest BCUT2D eigenvalue weighted by Crippen LogP contribution is 2.19. The molecule has 124 valence electrons. The number of carbonyl (C=O) groups excluding carboxylic acids is 1. The van der Waals surface area contributed by atoms with Gasteiger partial charge >= 0.3 is 5.69 Å². The summed E-state index contributed by atoms with van der Waals surface area (Å²) in [6.45, 7) is 2.70. The minimum absolute atomic E-state index is 0.0359. The molecule has 1 amide bonds. The summed E-state index contributed by atoms with van der Waals surface area (Å²) in [5.41, 5.74) is 1.87. The quantitative estimate of drug-likeness (QED) is 0.717. The van der Waals surface area contributed by atoms with Crippen molar-refractivity contribution >= 4 is 17.1 Å². The van der Waals surface area contributed by atoms with Crippen molar-refractivity contribution in [2.24, 2.45) is 0 Å². The third-order valence-electron chi connectivity index (χ3n) is 3.99. The summed E-state index contributed by atoms with van der Waals surface area (Å²) in [5.74, 6) is -0.223. The Labute approximate surface area is 138 Å². The van der Waals surface area contributed by atoms with Crippen molar-refractivity contribution in [1.29, 1.82) is 0 Å². The Morgan fingerprint density at radius 2 is 2.12 bits per heavy atom. The summed E-state index contributed by atoms with van der Waals surface area (Å²) >= 11 is 0. The number of fused-ring (bicyclic) bond motifs is 1. The number of nitrogens with zero attached hydrogens (tertiary/aromatic N) is 3. The van der Waals surface area contributed by atoms with Gasteiger partial charge in [0.25, 0.3) is 0 Å². The van der Waals surface area contributed by atoms with E-state index in [1.165, 1.54) is 10.9 Å². The van der Waals surface area contributed by atoms with E-state index in [1.807, 2.05) is 37.3 Å². The first kappa shape index (κ1) is 15.9. The highest BCUT2D eigenvalue weighted by Gasteiger charge is 2.18. The van der Waals surface area contributed by atoms with Crippen molar-refractivity contribution in [2.45, 2.75) is 25.8 Å². The van der Waals surface area contributed by atoms with Crippen LogP contribution in [-0.2, 0) is 11.3 Å². The van der Waals surface area contributed by atoms with E-state index < -0.39 is 0 Å². The highest BCUT2D eigenvalue weighted by molar-refractivity contribution is 5.83. The van der Waals surface area contributed by atoms with Crippen LogP contribution in [0.25, 0.3) is 11.2 Å². The Kier molecular flexibility index (Phi) is 4.69. The first-order valence-electron chi connectivity index (χ1n) is 7.92. The molecule has 2 N–H and O–H groups in total. The fourth-order valence-corrected chi connectivity index (χ4v) is 2.78. The van der Waals surface area contributed by atoms with Crippen LogP contribution in [0.4, 0.5) is 0 Å². The van der Waals surface area contributed by atoms with Crippen LogP contribution in [-0.4, -0.2) is 32.0 Å². The van der Waals surface area contributed by atoms with Crippen LogP contribution in [0.15, 0.2) is 47.7 Å². The molecule has 1 atom stereocenters. The highest BCUT2D eigenvalue weighted by atomic mass is 16.2. The minimum Gasteiger partial charge on any atom is -0.354 e. The number of H-pyrrole nitrogens is 1. The molecule has 0 aliphatic carbocycles. The maximum absolute atomic E-state index is 12.4. The van der Waals surface area contributed by atoms with Crippen LogP contribution >= 0.6 is 0 Å². The van der Waals surface area contributed by atoms with Crippen LogP contribution in [0.2, 0.25) is 0 Å². The van der Waals surface area contributed by atoms with Gasteiger partial charge in [0.15, 0.2) is 5.65 Å². The molecule has 3 aromatic rings. The third-order valence-corrected chi connectivity index (χ3v) is 3.99. The first-order valence-corrected chi connectivity index (χ1v) is 7.92. The standard InChI is InChI=1S/C17H19N5O2/c1-2-13(12-6-4-3-5-7-12)16(23)19-8-9-22-15-14(21-17(22)24)10-18-11-20-15/h3-7,10-11,13H,2,8-9H2,1H3,(H,19,23)(H,21,24). The van der Waals surface area contributed by atoms with Gasteiger partial charge in [0.2, 0.25) is 5.91 Å². The lowest BCUT2D eigenvalue weighted by Crippen LogP contribution is -2.33. The lowest BCUT2D eigenvalue weighted by Gasteiger charge is -2.15. The molecular formula is C17H19N5O2. The molecule has 1 aromatic carbocycles. The van der Waals surface area contributed by atoms with Crippen LogP contribution in [0.3, 0.4) is 0 Å². The normalized spacial score (nSPS) is 12.2. The van der Waals surface area contributed by atoms with Crippen molar-refractivity contribution in [1.82, 2.24) is 24.8 Å². The Balaban J connectivity index is 1.66. The zero-order chi connectivity index (χ0) is 16.9. The molecule has 24 heavy (non-hydrogen) atoms. The molecule has 0 aliphatic heterocycles. The van der Waals surface area contributed by atoms with E-state index in [2.05, 4.69) is 20.3 Å². The smallest absolute Gasteiger partial charge is 0.327 e. The number of benzene rings is 1. The zero-order valence-electron chi connectivity index (χ0n) is 13.4. The van der Waals surface area contributed by atoms with Gasteiger partial charge in [-0.1, -0.05) is 37.3 Å². The van der Waals surface area contributed by atoms with Gasteiger partial charge in [0, 0.05) is 13.1 Å². The van der Waals surface area contributed by atoms with Crippen LogP contribution in [0, 0.1) is 0 Å². The van der Waals surface area contributed by atoms with Gasteiger partial charge in [-0.2, -0.15) is 0 Å². The van der Waals surface area contributed by atoms with E-state index in [9.17, 15) is 9.59 Å². The third kappa shape index (κ3) is 3.19. The topological polar surface area (TPSA) is 92.7 Å². The molecule has 3 rings (SSSR count). The SMILES string of the molecule is CCC(C(=O)NCCn1c(=O)[nH]c2cncnc21)c1ccccc1. The largest absolute Gasteiger partial charge is 0.354 e. The van der Waals surface area contributed by atoms with Crippen molar-refractivity contribution < 1.29 is 4.79 Å². The van der Waals surface area contributed by atoms with Gasteiger partial charge in [0.1, 0.15) is 11.8 Å². The number of hydrogen-bond donors (Lipinski definition) is 2. The molecule has 2 heterocycles. The molecule has 1 unspecified atom stereocenters. The Hall–Kier alpha value is -2.96. The molecular weight excluding hydrogens is 306 g/mol. The summed E-state index contributed by atoms with van der Waals surface area (Å²) in [4.78, 5) is 35.1. The predicted octanol–water partition coefficient (Wildman–Crippen LogP) is 1.43. The summed E-state index contributed by atoms with van der Waals surface area (Å²) < 4.78 is 1.50. The van der Waals surface area contributed by atoms with Crippen molar-refractivity contribution in [3.05, 3.63) is 58.9 Å². The van der Waals surface area contributed by atoms with Gasteiger partial charge < -0.3 is 10.3 Å². The fraction of sp³-hybridized carbons (Fsp3) is 0.294. The molecule has 0 radical (unpaired) electrons. The number of amides is 1. The Bertz CT molecular complexity index is 885. The van der Waals surface area contributed by atoms with E-state index in [4.69, 9.17) is 0 Å². The van der Waals surface area contributed by atoms with E-state index in [0.29, 0.717) is 24.3 Å². The second kappa shape index (κ2) is 7.08. The molecule has 0 saturated heterocycles. The maximum atomic E-state index is 12.4. The van der Waals surface area contributed by atoms with Crippen LogP contribution < -0.4 is 11.0 Å². The van der Waals surface area contributed by atoms with E-state index in [0.717, 1.165) is 12.0 Å². The number of carbonyl (C=O) groups is 1. The second-order valence-corrected chi connectivity index (χ2v) is 5.50. The van der Waals surface area contributed by atoms with Crippen molar-refractivity contribution in [3.8, 4) is 0 Å². The van der Waals surface area contributed by atoms with Gasteiger partial charge in [0.05, 0.1) is 12.1 Å². The minimum atomic E-state index is -0.255. The average molecular weight is 325 g/mol. The fourth-order valence-electron chi connectivity index (χ4n) is 2.78. The molecule has 2 aromatic heterocycles. The number of hydrogen-bond acceptors (Lipinski definition) is 4. The number of aromatic nitrogens is 4. The molecule has 0 saturated carbocycles. The Morgan fingerprint density at radius 1 is 1.33 bits per heavy atom. The molecule has 0 bridgehead atoms. The second-order valence-electron chi connectivity index (χ2n) is 5.50. The average Bonchev–Trinajstić information content (AvgIpc) is 2.92. The number of nitrogens with one attached hydrogen (secondary N) is 2. The summed E-state index contributed by atoms with van der Waals surface area (Å²) in [6.07, 6.45) is 3.67. The number of aromatic amines is 1. The monoisotopic (exact) mass is 325 g/mol. The lowest BCUT2D eigenvalue weighted by atomic mass is 9.96. The number of imidazole rings is 1. The molecule has 0 fully saturated rings. The summed E-state index contributed by atoms with van der Waals surface area (Å²) in [6, 6.07) is 9.69. The first-order chi connectivity index (χ1) is 11.7. The summed E-state index contributed by atoms with van der Waals surface area (Å²) in [5, 5.41) is 2.91. The van der Waals surface area contributed by atoms with Crippen LogP contribution in [0.5, 0.6) is 0 Å². The van der Waals surface area contributed by atoms with Gasteiger partial charge in [-0.15, -0.1) is 0 Å². The van der Waals surface area contributed by atoms with Crippen molar-refractivity contribution in [3.63, 3.8) is 0 Å². The predicted molar refractivity (Wildman–Crippen MR) is 90.6 cm³/mol.